The number of allylic oxidation sites excluding steroid dienone is 1. The molecule has 0 saturated carbocycles. The van der Waals surface area contributed by atoms with Gasteiger partial charge in [-0.1, -0.05) is 6.58 Å². The molecule has 2 rings (SSSR count). The molecule has 1 aliphatic rings. The zero-order valence-corrected chi connectivity index (χ0v) is 7.97. The van der Waals surface area contributed by atoms with Crippen LogP contribution in [0.3, 0.4) is 0 Å². The summed E-state index contributed by atoms with van der Waals surface area (Å²) in [6.45, 7) is 3.63. The number of rotatable bonds is 2. The highest BCUT2D eigenvalue weighted by Crippen LogP contribution is 2.18. The van der Waals surface area contributed by atoms with Crippen LogP contribution < -0.4 is 10.1 Å². The van der Waals surface area contributed by atoms with Gasteiger partial charge in [0, 0.05) is 6.20 Å². The highest BCUT2D eigenvalue weighted by molar-refractivity contribution is 5.78. The third-order valence-electron chi connectivity index (χ3n) is 1.80. The van der Waals surface area contributed by atoms with Gasteiger partial charge in [0.25, 0.3) is 0 Å². The number of phenolic OH excluding ortho intramolecular Hbond substituents is 1. The number of hydrogen-bond acceptors (Lipinski definition) is 4. The normalized spacial score (nSPS) is 14.4. The van der Waals surface area contributed by atoms with Crippen molar-refractivity contribution >= 4 is 6.21 Å². The van der Waals surface area contributed by atoms with Crippen LogP contribution in [-0.4, -0.2) is 11.3 Å². The van der Waals surface area contributed by atoms with E-state index < -0.39 is 0 Å². The summed E-state index contributed by atoms with van der Waals surface area (Å²) in [5.74, 6) is 2.01. The number of phenols is 1. The molecule has 1 aromatic carbocycles. The standard InChI is InChI=1S/C11H10N2O2/c1-8-12-6-11(7-13-8)15-10-4-2-9(14)3-5-10/h2-7,12,14H,1H2. The maximum Gasteiger partial charge on any atom is 0.161 e. The highest BCUT2D eigenvalue weighted by atomic mass is 16.5. The molecule has 15 heavy (non-hydrogen) atoms. The molecule has 0 aliphatic carbocycles. The second-order valence-electron chi connectivity index (χ2n) is 2.99. The molecule has 1 aromatic rings. The van der Waals surface area contributed by atoms with E-state index in [1.807, 2.05) is 0 Å². The minimum Gasteiger partial charge on any atom is -0.508 e. The molecule has 1 aliphatic heterocycles. The quantitative estimate of drug-likeness (QED) is 0.768. The molecule has 0 radical (unpaired) electrons. The average molecular weight is 202 g/mol. The molecule has 76 valence electrons. The minimum atomic E-state index is 0.208. The van der Waals surface area contributed by atoms with Gasteiger partial charge in [-0.25, -0.2) is 4.99 Å². The van der Waals surface area contributed by atoms with Gasteiger partial charge >= 0.3 is 0 Å². The fourth-order valence-corrected chi connectivity index (χ4v) is 1.08. The van der Waals surface area contributed by atoms with Crippen LogP contribution in [0, 0.1) is 0 Å². The Kier molecular flexibility index (Phi) is 2.41. The van der Waals surface area contributed by atoms with Crippen LogP contribution in [0.4, 0.5) is 0 Å². The van der Waals surface area contributed by atoms with Crippen molar-refractivity contribution in [3.8, 4) is 11.5 Å². The Bertz CT molecular complexity index is 432. The highest BCUT2D eigenvalue weighted by Gasteiger charge is 2.02. The zero-order chi connectivity index (χ0) is 10.7. The molecule has 0 unspecified atom stereocenters. The van der Waals surface area contributed by atoms with Crippen LogP contribution in [-0.2, 0) is 0 Å². The van der Waals surface area contributed by atoms with Crippen molar-refractivity contribution in [2.24, 2.45) is 4.99 Å². The van der Waals surface area contributed by atoms with E-state index in [9.17, 15) is 0 Å². The van der Waals surface area contributed by atoms with Gasteiger partial charge in [-0.15, -0.1) is 0 Å². The first-order valence-corrected chi connectivity index (χ1v) is 4.40. The van der Waals surface area contributed by atoms with Crippen molar-refractivity contribution in [2.75, 3.05) is 0 Å². The van der Waals surface area contributed by atoms with E-state index in [0.29, 0.717) is 17.3 Å². The molecule has 0 atom stereocenters. The number of benzene rings is 1. The van der Waals surface area contributed by atoms with E-state index in [1.165, 1.54) is 0 Å². The SMILES string of the molecule is C=C1N=CC(Oc2ccc(O)cc2)=CN1. The van der Waals surface area contributed by atoms with Crippen molar-refractivity contribution in [2.45, 2.75) is 0 Å². The van der Waals surface area contributed by atoms with Gasteiger partial charge in [-0.05, 0) is 24.3 Å². The lowest BCUT2D eigenvalue weighted by atomic mass is 10.3. The molecule has 0 aromatic heterocycles. The van der Waals surface area contributed by atoms with Gasteiger partial charge < -0.3 is 15.2 Å². The predicted molar refractivity (Wildman–Crippen MR) is 57.6 cm³/mol. The summed E-state index contributed by atoms with van der Waals surface area (Å²) in [5.41, 5.74) is 0. The summed E-state index contributed by atoms with van der Waals surface area (Å²) in [6.07, 6.45) is 3.24. The number of nitrogens with zero attached hydrogens (tertiary/aromatic N) is 1. The lowest BCUT2D eigenvalue weighted by molar-refractivity contribution is 0.445. The molecule has 1 heterocycles. The molecular weight excluding hydrogens is 192 g/mol. The van der Waals surface area contributed by atoms with Crippen molar-refractivity contribution in [1.82, 2.24) is 5.32 Å². The number of hydrogen-bond donors (Lipinski definition) is 2. The first-order valence-electron chi connectivity index (χ1n) is 4.40. The Morgan fingerprint density at radius 2 is 2.00 bits per heavy atom. The lowest BCUT2D eigenvalue weighted by Gasteiger charge is -2.10. The predicted octanol–water partition coefficient (Wildman–Crippen LogP) is 1.76. The molecule has 0 fully saturated rings. The molecule has 4 nitrogen and oxygen atoms in total. The number of aliphatic imine (C=N–C) groups is 1. The third-order valence-corrected chi connectivity index (χ3v) is 1.80. The van der Waals surface area contributed by atoms with Gasteiger partial charge in [0.2, 0.25) is 0 Å². The molecule has 0 amide bonds. The molecular formula is C11H10N2O2. The molecule has 4 heteroatoms. The molecule has 0 bridgehead atoms. The number of ether oxygens (including phenoxy) is 1. The molecule has 2 N–H and O–H groups in total. The Morgan fingerprint density at radius 3 is 2.60 bits per heavy atom. The summed E-state index contributed by atoms with van der Waals surface area (Å²) in [7, 11) is 0. The van der Waals surface area contributed by atoms with Crippen LogP contribution in [0.25, 0.3) is 0 Å². The average Bonchev–Trinajstić information content (AvgIpc) is 2.25. The van der Waals surface area contributed by atoms with E-state index in [-0.39, 0.29) is 5.75 Å². The van der Waals surface area contributed by atoms with Crippen LogP contribution in [0.2, 0.25) is 0 Å². The largest absolute Gasteiger partial charge is 0.508 e. The van der Waals surface area contributed by atoms with Gasteiger partial charge in [0.05, 0.1) is 6.21 Å². The van der Waals surface area contributed by atoms with E-state index in [0.717, 1.165) is 0 Å². The fourth-order valence-electron chi connectivity index (χ4n) is 1.08. The first kappa shape index (κ1) is 9.33. The van der Waals surface area contributed by atoms with Gasteiger partial charge in [0.1, 0.15) is 17.3 Å². The second-order valence-corrected chi connectivity index (χ2v) is 2.99. The third kappa shape index (κ3) is 2.37. The summed E-state index contributed by atoms with van der Waals surface area (Å²) < 4.78 is 5.46. The first-order chi connectivity index (χ1) is 7.24. The van der Waals surface area contributed by atoms with Gasteiger partial charge in [-0.3, -0.25) is 0 Å². The van der Waals surface area contributed by atoms with Crippen LogP contribution >= 0.6 is 0 Å². The summed E-state index contributed by atoms with van der Waals surface area (Å²) in [5, 5.41) is 11.9. The van der Waals surface area contributed by atoms with E-state index >= 15 is 0 Å². The van der Waals surface area contributed by atoms with E-state index in [2.05, 4.69) is 16.9 Å². The van der Waals surface area contributed by atoms with Crippen molar-refractivity contribution in [3.05, 3.63) is 48.6 Å². The van der Waals surface area contributed by atoms with Gasteiger partial charge in [0.15, 0.2) is 5.76 Å². The smallest absolute Gasteiger partial charge is 0.161 e. The van der Waals surface area contributed by atoms with Crippen molar-refractivity contribution < 1.29 is 9.84 Å². The van der Waals surface area contributed by atoms with Crippen molar-refractivity contribution in [1.29, 1.82) is 0 Å². The van der Waals surface area contributed by atoms with E-state index in [1.54, 1.807) is 36.7 Å². The van der Waals surface area contributed by atoms with E-state index in [4.69, 9.17) is 9.84 Å². The summed E-state index contributed by atoms with van der Waals surface area (Å²) in [4.78, 5) is 3.95. The molecule has 0 spiro atoms. The van der Waals surface area contributed by atoms with Crippen molar-refractivity contribution in [3.63, 3.8) is 0 Å². The zero-order valence-electron chi connectivity index (χ0n) is 7.97. The fraction of sp³-hybridized carbons (Fsp3) is 0. The minimum absolute atomic E-state index is 0.208. The number of nitrogens with one attached hydrogen (secondary N) is 1. The number of aromatic hydroxyl groups is 1. The second kappa shape index (κ2) is 3.88. The summed E-state index contributed by atoms with van der Waals surface area (Å²) >= 11 is 0. The Hall–Kier alpha value is -2.23. The van der Waals surface area contributed by atoms with Crippen LogP contribution in [0.1, 0.15) is 0 Å². The topological polar surface area (TPSA) is 53.9 Å². The van der Waals surface area contributed by atoms with Gasteiger partial charge in [-0.2, -0.15) is 0 Å². The molecule has 0 saturated heterocycles. The van der Waals surface area contributed by atoms with Crippen LogP contribution in [0.5, 0.6) is 11.5 Å². The maximum absolute atomic E-state index is 9.08. The van der Waals surface area contributed by atoms with Crippen LogP contribution in [0.15, 0.2) is 53.6 Å². The monoisotopic (exact) mass is 202 g/mol. The Labute approximate surface area is 87.2 Å². The summed E-state index contributed by atoms with van der Waals surface area (Å²) in [6, 6.07) is 6.46. The maximum atomic E-state index is 9.08. The Balaban J connectivity index is 2.07. The Morgan fingerprint density at radius 1 is 1.27 bits per heavy atom. The lowest BCUT2D eigenvalue weighted by Crippen LogP contribution is -2.12.